The fourth-order valence-corrected chi connectivity index (χ4v) is 2.04. The van der Waals surface area contributed by atoms with Crippen molar-refractivity contribution < 1.29 is 19.2 Å². The van der Waals surface area contributed by atoms with Crippen LogP contribution in [0, 0.1) is 10.1 Å². The zero-order chi connectivity index (χ0) is 17.5. The average molecular weight is 325 g/mol. The molecule has 0 amide bonds. The number of hydrogen-bond donors (Lipinski definition) is 0. The molecule has 0 unspecified atom stereocenters. The van der Waals surface area contributed by atoms with Crippen molar-refractivity contribution in [1.29, 1.82) is 0 Å². The largest absolute Gasteiger partial charge is 0.457 e. The topological polar surface area (TPSA) is 86.5 Å². The van der Waals surface area contributed by atoms with Gasteiger partial charge in [-0.05, 0) is 24.6 Å². The minimum absolute atomic E-state index is 0.0151. The highest BCUT2D eigenvalue weighted by molar-refractivity contribution is 6.20. The highest BCUT2D eigenvalue weighted by Crippen LogP contribution is 2.21. The molecule has 0 heterocycles. The number of nitro benzene ring substituents is 1. The van der Waals surface area contributed by atoms with E-state index in [1.165, 1.54) is 31.2 Å². The highest BCUT2D eigenvalue weighted by Gasteiger charge is 2.19. The summed E-state index contributed by atoms with van der Waals surface area (Å²) in [5.41, 5.74) is 0.524. The van der Waals surface area contributed by atoms with Crippen LogP contribution in [0.15, 0.2) is 60.2 Å². The van der Waals surface area contributed by atoms with Gasteiger partial charge in [-0.15, -0.1) is 0 Å². The zero-order valence-electron chi connectivity index (χ0n) is 13.0. The van der Waals surface area contributed by atoms with Crippen molar-refractivity contribution in [3.63, 3.8) is 0 Å². The molecular formula is C18H15NO5. The van der Waals surface area contributed by atoms with Crippen molar-refractivity contribution in [2.24, 2.45) is 0 Å². The SMILES string of the molecule is CC(=O)C(=Cc1ccccc1[N+](=O)[O-])C(=O)OCc1ccccc1. The van der Waals surface area contributed by atoms with Crippen LogP contribution in [0.25, 0.3) is 6.08 Å². The molecule has 0 bridgehead atoms. The third-order valence-corrected chi connectivity index (χ3v) is 3.25. The van der Waals surface area contributed by atoms with E-state index in [-0.39, 0.29) is 23.4 Å². The average Bonchev–Trinajstić information content (AvgIpc) is 2.58. The molecular weight excluding hydrogens is 310 g/mol. The van der Waals surface area contributed by atoms with E-state index in [4.69, 9.17) is 4.74 Å². The second-order valence-corrected chi connectivity index (χ2v) is 4.99. The van der Waals surface area contributed by atoms with Crippen molar-refractivity contribution in [2.75, 3.05) is 0 Å². The van der Waals surface area contributed by atoms with Gasteiger partial charge in [-0.25, -0.2) is 4.79 Å². The molecule has 6 heteroatoms. The van der Waals surface area contributed by atoms with Crippen LogP contribution in [0.4, 0.5) is 5.69 Å². The Balaban J connectivity index is 2.24. The molecule has 6 nitrogen and oxygen atoms in total. The van der Waals surface area contributed by atoms with Gasteiger partial charge in [0.05, 0.1) is 10.5 Å². The molecule has 0 aliphatic heterocycles. The number of ether oxygens (including phenoxy) is 1. The molecule has 2 rings (SSSR count). The van der Waals surface area contributed by atoms with E-state index in [1.807, 2.05) is 6.07 Å². The second kappa shape index (κ2) is 7.82. The molecule has 24 heavy (non-hydrogen) atoms. The van der Waals surface area contributed by atoms with Crippen LogP contribution < -0.4 is 0 Å². The van der Waals surface area contributed by atoms with Gasteiger partial charge in [0.1, 0.15) is 12.2 Å². The quantitative estimate of drug-likeness (QED) is 0.203. The van der Waals surface area contributed by atoms with Crippen LogP contribution in [0.5, 0.6) is 0 Å². The van der Waals surface area contributed by atoms with Gasteiger partial charge >= 0.3 is 5.97 Å². The normalized spacial score (nSPS) is 11.0. The number of benzene rings is 2. The van der Waals surface area contributed by atoms with Crippen LogP contribution >= 0.6 is 0 Å². The van der Waals surface area contributed by atoms with E-state index in [2.05, 4.69) is 0 Å². The molecule has 0 aromatic heterocycles. The predicted molar refractivity (Wildman–Crippen MR) is 88.0 cm³/mol. The maximum Gasteiger partial charge on any atom is 0.342 e. The number of hydrogen-bond acceptors (Lipinski definition) is 5. The third-order valence-electron chi connectivity index (χ3n) is 3.25. The van der Waals surface area contributed by atoms with Gasteiger partial charge in [0.2, 0.25) is 0 Å². The first-order valence-electron chi connectivity index (χ1n) is 7.16. The molecule has 0 saturated carbocycles. The summed E-state index contributed by atoms with van der Waals surface area (Å²) in [7, 11) is 0. The number of rotatable bonds is 6. The summed E-state index contributed by atoms with van der Waals surface area (Å²) < 4.78 is 5.13. The Bertz CT molecular complexity index is 796. The zero-order valence-corrected chi connectivity index (χ0v) is 13.0. The number of carbonyl (C=O) groups is 2. The Morgan fingerprint density at radius 1 is 1.08 bits per heavy atom. The van der Waals surface area contributed by atoms with Crippen LogP contribution in [-0.2, 0) is 20.9 Å². The molecule has 0 aliphatic rings. The second-order valence-electron chi connectivity index (χ2n) is 4.99. The molecule has 0 fully saturated rings. The molecule has 0 N–H and O–H groups in total. The highest BCUT2D eigenvalue weighted by atomic mass is 16.6. The lowest BCUT2D eigenvalue weighted by Gasteiger charge is -2.06. The minimum atomic E-state index is -0.815. The monoisotopic (exact) mass is 325 g/mol. The molecule has 122 valence electrons. The maximum absolute atomic E-state index is 12.2. The van der Waals surface area contributed by atoms with Gasteiger partial charge in [0, 0.05) is 6.07 Å². The summed E-state index contributed by atoms with van der Waals surface area (Å²) in [6.45, 7) is 1.23. The van der Waals surface area contributed by atoms with Crippen LogP contribution in [-0.4, -0.2) is 16.7 Å². The van der Waals surface area contributed by atoms with E-state index < -0.39 is 16.7 Å². The Hall–Kier alpha value is -3.28. The minimum Gasteiger partial charge on any atom is -0.457 e. The summed E-state index contributed by atoms with van der Waals surface area (Å²) >= 11 is 0. The predicted octanol–water partition coefficient (Wildman–Crippen LogP) is 3.31. The summed E-state index contributed by atoms with van der Waals surface area (Å²) in [6.07, 6.45) is 1.19. The lowest BCUT2D eigenvalue weighted by molar-refractivity contribution is -0.385. The Kier molecular flexibility index (Phi) is 5.57. The van der Waals surface area contributed by atoms with Gasteiger partial charge < -0.3 is 4.74 Å². The fourth-order valence-electron chi connectivity index (χ4n) is 2.04. The number of ketones is 1. The van der Waals surface area contributed by atoms with Gasteiger partial charge in [-0.2, -0.15) is 0 Å². The number of nitrogens with zero attached hydrogens (tertiary/aromatic N) is 1. The number of nitro groups is 1. The molecule has 0 saturated heterocycles. The summed E-state index contributed by atoms with van der Waals surface area (Å²) in [5, 5.41) is 11.0. The first kappa shape index (κ1) is 17.1. The first-order valence-corrected chi connectivity index (χ1v) is 7.16. The Labute approximate surface area is 138 Å². The summed E-state index contributed by atoms with van der Waals surface area (Å²) in [5.74, 6) is -1.34. The van der Waals surface area contributed by atoms with Crippen molar-refractivity contribution in [3.8, 4) is 0 Å². The Morgan fingerprint density at radius 2 is 1.71 bits per heavy atom. The molecule has 2 aromatic carbocycles. The van der Waals surface area contributed by atoms with Crippen molar-refractivity contribution in [1.82, 2.24) is 0 Å². The molecule has 0 radical (unpaired) electrons. The van der Waals surface area contributed by atoms with Gasteiger partial charge in [0.25, 0.3) is 5.69 Å². The standard InChI is InChI=1S/C18H15NO5/c1-13(20)16(11-15-9-5-6-10-17(15)19(22)23)18(21)24-12-14-7-3-2-4-8-14/h2-11H,12H2,1H3. The lowest BCUT2D eigenvalue weighted by Crippen LogP contribution is -2.13. The number of carbonyl (C=O) groups excluding carboxylic acids is 2. The van der Waals surface area contributed by atoms with E-state index >= 15 is 0 Å². The number of Topliss-reactive ketones (excluding diaryl/α,β-unsaturated/α-hetero) is 1. The van der Waals surface area contributed by atoms with E-state index in [9.17, 15) is 19.7 Å². The van der Waals surface area contributed by atoms with Crippen molar-refractivity contribution >= 4 is 23.5 Å². The molecule has 2 aromatic rings. The van der Waals surface area contributed by atoms with Crippen LogP contribution in [0.3, 0.4) is 0 Å². The van der Waals surface area contributed by atoms with Crippen LogP contribution in [0.2, 0.25) is 0 Å². The van der Waals surface area contributed by atoms with Crippen LogP contribution in [0.1, 0.15) is 18.1 Å². The molecule has 0 aliphatic carbocycles. The van der Waals surface area contributed by atoms with Gasteiger partial charge in [-0.3, -0.25) is 14.9 Å². The van der Waals surface area contributed by atoms with Crippen molar-refractivity contribution in [3.05, 3.63) is 81.4 Å². The number of para-hydroxylation sites is 1. The van der Waals surface area contributed by atoms with E-state index in [0.29, 0.717) is 0 Å². The third kappa shape index (κ3) is 4.36. The van der Waals surface area contributed by atoms with Crippen molar-refractivity contribution in [2.45, 2.75) is 13.5 Å². The van der Waals surface area contributed by atoms with E-state index in [0.717, 1.165) is 5.56 Å². The fraction of sp³-hybridized carbons (Fsp3) is 0.111. The number of esters is 1. The first-order chi connectivity index (χ1) is 11.5. The smallest absolute Gasteiger partial charge is 0.342 e. The summed E-state index contributed by atoms with van der Waals surface area (Å²) in [6, 6.07) is 14.9. The molecule has 0 atom stereocenters. The summed E-state index contributed by atoms with van der Waals surface area (Å²) in [4.78, 5) is 34.4. The van der Waals surface area contributed by atoms with E-state index in [1.54, 1.807) is 30.3 Å². The molecule has 0 spiro atoms. The maximum atomic E-state index is 12.2. The lowest BCUT2D eigenvalue weighted by atomic mass is 10.1. The Morgan fingerprint density at radius 3 is 2.33 bits per heavy atom. The van der Waals surface area contributed by atoms with Gasteiger partial charge in [-0.1, -0.05) is 42.5 Å². The van der Waals surface area contributed by atoms with Gasteiger partial charge in [0.15, 0.2) is 5.78 Å².